The molecule has 2 aliphatic rings. The first-order chi connectivity index (χ1) is 15.7. The molecule has 0 fully saturated rings. The fraction of sp³-hybridized carbons (Fsp3) is 0.115. The van der Waals surface area contributed by atoms with Crippen molar-refractivity contribution in [3.05, 3.63) is 89.0 Å². The van der Waals surface area contributed by atoms with Crippen LogP contribution in [0.15, 0.2) is 72.8 Å². The van der Waals surface area contributed by atoms with Gasteiger partial charge in [-0.15, -0.1) is 4.57 Å². The lowest BCUT2D eigenvalue weighted by Gasteiger charge is -2.01. The van der Waals surface area contributed by atoms with Crippen molar-refractivity contribution in [3.63, 3.8) is 0 Å². The Morgan fingerprint density at radius 1 is 1.00 bits per heavy atom. The van der Waals surface area contributed by atoms with Crippen molar-refractivity contribution in [1.29, 1.82) is 0 Å². The van der Waals surface area contributed by atoms with Crippen molar-refractivity contribution in [1.82, 2.24) is 0 Å². The predicted octanol–water partition coefficient (Wildman–Crippen LogP) is 5.33. The smallest absolute Gasteiger partial charge is 0.338 e. The summed E-state index contributed by atoms with van der Waals surface area (Å²) in [4.78, 5) is 23.1. The second-order valence-corrected chi connectivity index (χ2v) is 7.98. The lowest BCUT2D eigenvalue weighted by molar-refractivity contribution is -0.700. The molecule has 0 saturated carbocycles. The monoisotopic (exact) mass is 444 g/mol. The lowest BCUT2D eigenvalue weighted by atomic mass is 10.1. The number of carbonyl (C=O) groups excluding carboxylic acids is 2. The number of thiazole rings is 1. The van der Waals surface area contributed by atoms with E-state index in [1.54, 1.807) is 18.3 Å². The molecule has 0 unspecified atom stereocenters. The first-order valence-corrected chi connectivity index (χ1v) is 11.0. The summed E-state index contributed by atoms with van der Waals surface area (Å²) in [5, 5.41) is 0.962. The number of rotatable bonds is 8. The van der Waals surface area contributed by atoms with Gasteiger partial charge in [-0.05, 0) is 35.7 Å². The Kier molecular flexibility index (Phi) is 6.72. The molecule has 4 rings (SSSR count). The molecular weight excluding hydrogens is 422 g/mol. The maximum absolute atomic E-state index is 12.4. The number of ether oxygens (including phenoxy) is 2. The van der Waals surface area contributed by atoms with E-state index in [4.69, 9.17) is 9.47 Å². The molecule has 0 bridgehead atoms. The topological polar surface area (TPSA) is 56.5 Å². The molecule has 0 aliphatic heterocycles. The van der Waals surface area contributed by atoms with Gasteiger partial charge in [0.1, 0.15) is 4.70 Å². The quantitative estimate of drug-likeness (QED) is 0.160. The number of benzene rings is 1. The number of fused-ring (bicyclic) bond motifs is 2. The number of hydrogen-bond donors (Lipinski definition) is 0. The molecule has 0 saturated heterocycles. The van der Waals surface area contributed by atoms with E-state index in [-0.39, 0.29) is 12.7 Å². The van der Waals surface area contributed by atoms with Crippen molar-refractivity contribution >= 4 is 46.1 Å². The molecule has 1 aromatic heterocycles. The fourth-order valence-corrected chi connectivity index (χ4v) is 4.64. The first-order valence-electron chi connectivity index (χ1n) is 10.2. The van der Waals surface area contributed by atoms with Crippen LogP contribution in [-0.4, -0.2) is 19.0 Å². The van der Waals surface area contributed by atoms with E-state index >= 15 is 0 Å². The zero-order chi connectivity index (χ0) is 22.3. The van der Waals surface area contributed by atoms with Crippen molar-refractivity contribution in [3.8, 4) is 11.1 Å². The standard InChI is InChI=1S/C26H22NO4S/c1-2-31-26(29)22-16-19(20-11-4-3-5-12-21(20)22)10-6-9-15-25-27(17-30-18-28)23-13-7-8-14-24(23)32-25/h3-16,18H,2,17H2,1H3/q+1/b10-6+,15-9+. The molecule has 0 radical (unpaired) electrons. The third kappa shape index (κ3) is 4.45. The zero-order valence-corrected chi connectivity index (χ0v) is 18.4. The second-order valence-electron chi connectivity index (χ2n) is 6.92. The summed E-state index contributed by atoms with van der Waals surface area (Å²) in [6, 6.07) is 19.6. The fourth-order valence-electron chi connectivity index (χ4n) is 3.57. The van der Waals surface area contributed by atoms with Crippen LogP contribution in [-0.2, 0) is 21.0 Å². The maximum atomic E-state index is 12.4. The van der Waals surface area contributed by atoms with Gasteiger partial charge in [0.25, 0.3) is 18.2 Å². The van der Waals surface area contributed by atoms with Crippen LogP contribution < -0.4 is 4.57 Å². The summed E-state index contributed by atoms with van der Waals surface area (Å²) in [6.45, 7) is 2.74. The zero-order valence-electron chi connectivity index (χ0n) is 17.6. The molecule has 0 N–H and O–H groups in total. The minimum absolute atomic E-state index is 0.157. The molecule has 0 atom stereocenters. The summed E-state index contributed by atoms with van der Waals surface area (Å²) in [5.74, 6) is -0.319. The van der Waals surface area contributed by atoms with Crippen molar-refractivity contribution < 1.29 is 23.6 Å². The average Bonchev–Trinajstić information content (AvgIpc) is 3.22. The molecule has 1 heterocycles. The molecule has 6 heteroatoms. The van der Waals surface area contributed by atoms with Gasteiger partial charge in [0, 0.05) is 12.1 Å². The van der Waals surface area contributed by atoms with E-state index in [2.05, 4.69) is 0 Å². The Bertz CT molecular complexity index is 1290. The van der Waals surface area contributed by atoms with Crippen molar-refractivity contribution in [2.24, 2.45) is 0 Å². The van der Waals surface area contributed by atoms with Crippen LogP contribution in [0.4, 0.5) is 0 Å². The number of nitrogens with zero attached hydrogens (tertiary/aromatic N) is 1. The van der Waals surface area contributed by atoms with E-state index in [0.717, 1.165) is 31.9 Å². The van der Waals surface area contributed by atoms with Gasteiger partial charge in [-0.3, -0.25) is 4.79 Å². The number of carbonyl (C=O) groups is 2. The Morgan fingerprint density at radius 3 is 2.56 bits per heavy atom. The van der Waals surface area contributed by atoms with Gasteiger partial charge in [-0.2, -0.15) is 0 Å². The maximum Gasteiger partial charge on any atom is 0.338 e. The number of aromatic nitrogens is 1. The van der Waals surface area contributed by atoms with Gasteiger partial charge in [0.15, 0.2) is 0 Å². The number of allylic oxidation sites excluding steroid dienone is 2. The molecule has 0 amide bonds. The van der Waals surface area contributed by atoms with Crippen LogP contribution in [0.25, 0.3) is 33.5 Å². The van der Waals surface area contributed by atoms with E-state index in [9.17, 15) is 9.59 Å². The highest BCUT2D eigenvalue weighted by Crippen LogP contribution is 2.33. The summed E-state index contributed by atoms with van der Waals surface area (Å²) >= 11 is 1.62. The molecular formula is C26H22NO4S+. The summed E-state index contributed by atoms with van der Waals surface area (Å²) < 4.78 is 13.3. The van der Waals surface area contributed by atoms with Crippen molar-refractivity contribution in [2.75, 3.05) is 6.61 Å². The SMILES string of the molecule is CCOC(=O)c1cc(/C=C/C=C/c2sc3ccccc3[n+]2COC=O)c2cccccc1-2. The van der Waals surface area contributed by atoms with Crippen LogP contribution >= 0.6 is 11.3 Å². The molecule has 2 aromatic rings. The van der Waals surface area contributed by atoms with Crippen LogP contribution in [0, 0.1) is 0 Å². The van der Waals surface area contributed by atoms with Crippen LogP contribution in [0.5, 0.6) is 0 Å². The average molecular weight is 445 g/mol. The molecule has 0 spiro atoms. The lowest BCUT2D eigenvalue weighted by Crippen LogP contribution is -2.36. The molecule has 32 heavy (non-hydrogen) atoms. The molecule has 160 valence electrons. The van der Waals surface area contributed by atoms with E-state index in [1.165, 1.54) is 0 Å². The van der Waals surface area contributed by atoms with Gasteiger partial charge < -0.3 is 9.47 Å². The Balaban J connectivity index is 1.64. The molecule has 2 aliphatic carbocycles. The molecule has 5 nitrogen and oxygen atoms in total. The highest BCUT2D eigenvalue weighted by atomic mass is 32.1. The number of esters is 1. The van der Waals surface area contributed by atoms with E-state index < -0.39 is 0 Å². The normalized spacial score (nSPS) is 11.5. The predicted molar refractivity (Wildman–Crippen MR) is 126 cm³/mol. The van der Waals surface area contributed by atoms with Gasteiger partial charge >= 0.3 is 5.97 Å². The highest BCUT2D eigenvalue weighted by Gasteiger charge is 2.20. The number of hydrogen-bond acceptors (Lipinski definition) is 5. The van der Waals surface area contributed by atoms with Crippen LogP contribution in [0.2, 0.25) is 0 Å². The first kappa shape index (κ1) is 21.5. The highest BCUT2D eigenvalue weighted by molar-refractivity contribution is 7.18. The van der Waals surface area contributed by atoms with E-state index in [0.29, 0.717) is 18.6 Å². The Hall–Kier alpha value is -3.77. The summed E-state index contributed by atoms with van der Waals surface area (Å²) in [6.07, 6.45) is 7.83. The summed E-state index contributed by atoms with van der Waals surface area (Å²) in [7, 11) is 0. The van der Waals surface area contributed by atoms with Crippen molar-refractivity contribution in [2.45, 2.75) is 13.7 Å². The molecule has 1 aromatic carbocycles. The third-order valence-electron chi connectivity index (χ3n) is 4.97. The van der Waals surface area contributed by atoms with Gasteiger partial charge in [0.05, 0.1) is 12.2 Å². The van der Waals surface area contributed by atoms with Gasteiger partial charge in [0.2, 0.25) is 5.52 Å². The Morgan fingerprint density at radius 2 is 1.75 bits per heavy atom. The summed E-state index contributed by atoms with van der Waals surface area (Å²) in [5.41, 5.74) is 4.37. The number of para-hydroxylation sites is 1. The van der Waals surface area contributed by atoms with Crippen LogP contribution in [0.1, 0.15) is 27.9 Å². The minimum atomic E-state index is -0.319. The largest absolute Gasteiger partial charge is 0.462 e. The van der Waals surface area contributed by atoms with Gasteiger partial charge in [-0.25, -0.2) is 4.79 Å². The van der Waals surface area contributed by atoms with E-state index in [1.807, 2.05) is 89.5 Å². The third-order valence-corrected chi connectivity index (χ3v) is 6.10. The Labute approximate surface area is 190 Å². The van der Waals surface area contributed by atoms with Crippen LogP contribution in [0.3, 0.4) is 0 Å². The minimum Gasteiger partial charge on any atom is -0.462 e. The second kappa shape index (κ2) is 10.0. The van der Waals surface area contributed by atoms with Gasteiger partial charge in [-0.1, -0.05) is 72.0 Å².